The number of aromatic hydroxyl groups is 1. The average Bonchev–Trinajstić information content (AvgIpc) is 3.17. The van der Waals surface area contributed by atoms with Gasteiger partial charge in [-0.3, -0.25) is 0 Å². The molecule has 3 rings (SSSR count). The fourth-order valence-electron chi connectivity index (χ4n) is 3.65. The van der Waals surface area contributed by atoms with Crippen molar-refractivity contribution in [3.8, 4) is 11.5 Å². The van der Waals surface area contributed by atoms with Crippen molar-refractivity contribution in [2.45, 2.75) is 114 Å². The summed E-state index contributed by atoms with van der Waals surface area (Å²) in [4.78, 5) is 12.4. The Hall–Kier alpha value is -1.24. The number of ether oxygens (including phenoxy) is 1. The van der Waals surface area contributed by atoms with Crippen LogP contribution in [-0.4, -0.2) is 11.1 Å². The third-order valence-electron chi connectivity index (χ3n) is 5.15. The molecule has 0 radical (unpaired) electrons. The van der Waals surface area contributed by atoms with E-state index in [4.69, 9.17) is 4.74 Å². The minimum Gasteiger partial charge on any atom is -0.507 e. The number of phenols is 1. The van der Waals surface area contributed by atoms with Crippen LogP contribution in [-0.2, 0) is 0 Å². The van der Waals surface area contributed by atoms with Gasteiger partial charge in [0.05, 0.1) is 5.56 Å². The summed E-state index contributed by atoms with van der Waals surface area (Å²) in [5.41, 5.74) is 3.29. The van der Waals surface area contributed by atoms with E-state index in [0.29, 0.717) is 28.4 Å². The first-order valence-corrected chi connectivity index (χ1v) is 13.2. The van der Waals surface area contributed by atoms with Gasteiger partial charge in [-0.25, -0.2) is 4.79 Å². The molecular formula is C30H50O3U. The van der Waals surface area contributed by atoms with Gasteiger partial charge in [-0.05, 0) is 73.6 Å². The van der Waals surface area contributed by atoms with Crippen LogP contribution in [0.15, 0.2) is 36.4 Å². The van der Waals surface area contributed by atoms with Crippen LogP contribution in [0.1, 0.15) is 127 Å². The van der Waals surface area contributed by atoms with E-state index in [1.165, 1.54) is 44.1 Å². The molecule has 4 heteroatoms. The molecule has 1 saturated carbocycles. The number of esters is 1. The van der Waals surface area contributed by atoms with Gasteiger partial charge in [0.25, 0.3) is 0 Å². The third-order valence-corrected chi connectivity index (χ3v) is 5.15. The molecular weight excluding hydrogens is 646 g/mol. The van der Waals surface area contributed by atoms with Crippen molar-refractivity contribution in [1.82, 2.24) is 0 Å². The molecule has 0 unspecified atom stereocenters. The summed E-state index contributed by atoms with van der Waals surface area (Å²) in [5.74, 6) is 0.963. The van der Waals surface area contributed by atoms with Gasteiger partial charge in [0.2, 0.25) is 0 Å². The van der Waals surface area contributed by atoms with Gasteiger partial charge < -0.3 is 9.84 Å². The number of benzene rings is 2. The number of phenolic OH excluding ortho intramolecular Hbond substituents is 1. The smallest absolute Gasteiger partial charge is 0.343 e. The summed E-state index contributed by atoms with van der Waals surface area (Å²) in [5, 5.41) is 9.82. The molecule has 0 spiro atoms. The molecule has 3 nitrogen and oxygen atoms in total. The Kier molecular flexibility index (Phi) is 25.8. The largest absolute Gasteiger partial charge is 0.507 e. The number of rotatable bonds is 3. The second kappa shape index (κ2) is 23.5. The first kappa shape index (κ1) is 37.3. The van der Waals surface area contributed by atoms with E-state index in [1.807, 2.05) is 67.5 Å². The molecule has 2 aromatic rings. The normalized spacial score (nSPS) is 12.2. The summed E-state index contributed by atoms with van der Waals surface area (Å²) in [6, 6.07) is 11.2. The second-order valence-electron chi connectivity index (χ2n) is 7.11. The average molecular weight is 697 g/mol. The van der Waals surface area contributed by atoms with Crippen LogP contribution in [0.5, 0.6) is 11.5 Å². The zero-order chi connectivity index (χ0) is 25.8. The van der Waals surface area contributed by atoms with Gasteiger partial charge in [-0.15, -0.1) is 0 Å². The van der Waals surface area contributed by atoms with Crippen LogP contribution < -0.4 is 4.74 Å². The number of hydrogen-bond acceptors (Lipinski definition) is 3. The maximum Gasteiger partial charge on any atom is 0.343 e. The summed E-state index contributed by atoms with van der Waals surface area (Å²) in [6.45, 7) is 19.6. The van der Waals surface area contributed by atoms with Crippen molar-refractivity contribution in [2.75, 3.05) is 0 Å². The number of carbonyl (C=O) groups is 1. The SMILES string of the molecule is CC.CC.CC.CC.Cc1cc(OC(=O)c2ccc(C3CCCCCC3)cc2)cc(C)c1O.[U]. The van der Waals surface area contributed by atoms with Crippen LogP contribution in [0.2, 0.25) is 0 Å². The second-order valence-corrected chi connectivity index (χ2v) is 7.11. The molecule has 0 aliphatic heterocycles. The fourth-order valence-corrected chi connectivity index (χ4v) is 3.65. The monoisotopic (exact) mass is 696 g/mol. The minimum atomic E-state index is -0.364. The van der Waals surface area contributed by atoms with E-state index < -0.39 is 0 Å². The van der Waals surface area contributed by atoms with Crippen molar-refractivity contribution in [2.24, 2.45) is 0 Å². The Morgan fingerprint density at radius 1 is 0.765 bits per heavy atom. The molecule has 2 aromatic carbocycles. The van der Waals surface area contributed by atoms with Gasteiger partial charge in [0.15, 0.2) is 0 Å². The predicted molar refractivity (Wildman–Crippen MR) is 145 cm³/mol. The summed E-state index contributed by atoms with van der Waals surface area (Å²) >= 11 is 0. The van der Waals surface area contributed by atoms with Crippen LogP contribution >= 0.6 is 0 Å². The van der Waals surface area contributed by atoms with Gasteiger partial charge in [0, 0.05) is 31.1 Å². The predicted octanol–water partition coefficient (Wildman–Crippen LogP) is 9.77. The molecule has 0 atom stereocenters. The molecule has 1 fully saturated rings. The Morgan fingerprint density at radius 2 is 1.18 bits per heavy atom. The standard InChI is InChI=1S/C22H26O3.4C2H6.U/c1-15-13-20(14-16(2)21(15)23)25-22(24)19-11-9-18(10-12-19)17-7-5-3-4-6-8-17;4*1-2;/h9-14,17,23H,3-8H2,1-2H3;4*1-2H3;. The molecule has 0 heterocycles. The molecule has 1 aliphatic carbocycles. The van der Waals surface area contributed by atoms with Crippen molar-refractivity contribution < 1.29 is 45.8 Å². The molecule has 1 N–H and O–H groups in total. The number of carbonyl (C=O) groups excluding carboxylic acids is 1. The summed E-state index contributed by atoms with van der Waals surface area (Å²) in [6.07, 6.45) is 7.77. The van der Waals surface area contributed by atoms with Gasteiger partial charge in [-0.2, -0.15) is 0 Å². The Bertz CT molecular complexity index is 723. The zero-order valence-electron chi connectivity index (χ0n) is 23.5. The molecule has 192 valence electrons. The van der Waals surface area contributed by atoms with Crippen molar-refractivity contribution >= 4 is 5.97 Å². The molecule has 0 aromatic heterocycles. The van der Waals surface area contributed by atoms with E-state index in [1.54, 1.807) is 26.0 Å². The van der Waals surface area contributed by atoms with E-state index in [-0.39, 0.29) is 42.8 Å². The third kappa shape index (κ3) is 13.0. The van der Waals surface area contributed by atoms with Crippen LogP contribution in [0, 0.1) is 45.0 Å². The van der Waals surface area contributed by atoms with Crippen molar-refractivity contribution in [1.29, 1.82) is 0 Å². The quantitative estimate of drug-likeness (QED) is 0.198. The maximum atomic E-state index is 12.4. The van der Waals surface area contributed by atoms with Crippen LogP contribution in [0.4, 0.5) is 0 Å². The molecule has 0 bridgehead atoms. The van der Waals surface area contributed by atoms with Gasteiger partial charge in [0.1, 0.15) is 11.5 Å². The van der Waals surface area contributed by atoms with Gasteiger partial charge in [-0.1, -0.05) is 93.2 Å². The molecule has 0 saturated heterocycles. The van der Waals surface area contributed by atoms with Crippen LogP contribution in [0.25, 0.3) is 0 Å². The Labute approximate surface area is 234 Å². The van der Waals surface area contributed by atoms with E-state index >= 15 is 0 Å². The number of aryl methyl sites for hydroxylation is 2. The molecule has 1 aliphatic rings. The maximum absolute atomic E-state index is 12.4. The van der Waals surface area contributed by atoms with Crippen molar-refractivity contribution in [3.63, 3.8) is 0 Å². The zero-order valence-corrected chi connectivity index (χ0v) is 27.7. The fraction of sp³-hybridized carbons (Fsp3) is 0.567. The van der Waals surface area contributed by atoms with E-state index in [9.17, 15) is 9.90 Å². The van der Waals surface area contributed by atoms with E-state index in [0.717, 1.165) is 0 Å². The molecule has 34 heavy (non-hydrogen) atoms. The topological polar surface area (TPSA) is 46.5 Å². The van der Waals surface area contributed by atoms with E-state index in [2.05, 4.69) is 12.1 Å². The first-order chi connectivity index (χ1) is 16.0. The van der Waals surface area contributed by atoms with Crippen molar-refractivity contribution in [3.05, 3.63) is 58.7 Å². The number of hydrogen-bond donors (Lipinski definition) is 1. The Morgan fingerprint density at radius 3 is 1.59 bits per heavy atom. The summed E-state index contributed by atoms with van der Waals surface area (Å²) < 4.78 is 5.47. The van der Waals surface area contributed by atoms with Gasteiger partial charge >= 0.3 is 5.97 Å². The van der Waals surface area contributed by atoms with Crippen LogP contribution in [0.3, 0.4) is 0 Å². The minimum absolute atomic E-state index is 0. The molecule has 0 amide bonds. The Balaban J connectivity index is -0.000000969. The summed E-state index contributed by atoms with van der Waals surface area (Å²) in [7, 11) is 0. The first-order valence-electron chi connectivity index (χ1n) is 13.2.